The molecule has 1 aromatic rings. The molecule has 1 aromatic heterocycles. The second-order valence-corrected chi connectivity index (χ2v) is 4.26. The molecule has 6 nitrogen and oxygen atoms in total. The minimum atomic E-state index is -0.194. The van der Waals surface area contributed by atoms with Crippen LogP contribution in [0.3, 0.4) is 0 Å². The number of anilines is 1. The summed E-state index contributed by atoms with van der Waals surface area (Å²) in [6, 6.07) is 3.54. The third-order valence-electron chi connectivity index (χ3n) is 2.72. The fraction of sp³-hybridized carbons (Fsp3) is 0.583. The van der Waals surface area contributed by atoms with Crippen LogP contribution >= 0.6 is 0 Å². The van der Waals surface area contributed by atoms with Crippen molar-refractivity contribution < 1.29 is 9.53 Å². The van der Waals surface area contributed by atoms with Crippen molar-refractivity contribution in [1.82, 2.24) is 15.5 Å². The topological polar surface area (TPSA) is 76.1 Å². The Morgan fingerprint density at radius 3 is 3.00 bits per heavy atom. The van der Waals surface area contributed by atoms with E-state index in [9.17, 15) is 4.79 Å². The molecule has 2 heterocycles. The van der Waals surface area contributed by atoms with Crippen molar-refractivity contribution in [2.45, 2.75) is 25.8 Å². The van der Waals surface area contributed by atoms with Crippen LogP contribution in [0.2, 0.25) is 0 Å². The van der Waals surface area contributed by atoms with Crippen molar-refractivity contribution in [3.63, 3.8) is 0 Å². The molecule has 2 N–H and O–H groups in total. The highest BCUT2D eigenvalue weighted by molar-refractivity contribution is 5.92. The van der Waals surface area contributed by atoms with Crippen LogP contribution in [0.4, 0.5) is 5.82 Å². The predicted molar refractivity (Wildman–Crippen MR) is 67.5 cm³/mol. The first-order valence-corrected chi connectivity index (χ1v) is 6.26. The molecule has 1 saturated heterocycles. The molecule has 0 spiro atoms. The smallest absolute Gasteiger partial charge is 0.272 e. The van der Waals surface area contributed by atoms with Crippen LogP contribution in [0, 0.1) is 0 Å². The summed E-state index contributed by atoms with van der Waals surface area (Å²) in [7, 11) is 0. The van der Waals surface area contributed by atoms with Crippen LogP contribution in [0.1, 0.15) is 30.3 Å². The number of nitrogens with one attached hydrogen (secondary N) is 2. The number of carbonyl (C=O) groups is 1. The molecule has 98 valence electrons. The Hall–Kier alpha value is -1.69. The highest BCUT2D eigenvalue weighted by Crippen LogP contribution is 2.06. The van der Waals surface area contributed by atoms with E-state index in [1.165, 1.54) is 0 Å². The lowest BCUT2D eigenvalue weighted by molar-refractivity contribution is 0.0924. The van der Waals surface area contributed by atoms with Gasteiger partial charge in [0.1, 0.15) is 5.82 Å². The molecule has 1 atom stereocenters. The molecule has 1 unspecified atom stereocenters. The van der Waals surface area contributed by atoms with Crippen molar-refractivity contribution in [3.05, 3.63) is 17.8 Å². The van der Waals surface area contributed by atoms with Gasteiger partial charge in [-0.2, -0.15) is 0 Å². The molecular weight excluding hydrogens is 232 g/mol. The van der Waals surface area contributed by atoms with Gasteiger partial charge >= 0.3 is 0 Å². The molecule has 1 amide bonds. The number of ether oxygens (including phenoxy) is 1. The Labute approximate surface area is 106 Å². The highest BCUT2D eigenvalue weighted by Gasteiger charge is 2.19. The van der Waals surface area contributed by atoms with Gasteiger partial charge in [0.2, 0.25) is 0 Å². The van der Waals surface area contributed by atoms with E-state index in [0.29, 0.717) is 24.7 Å². The maximum absolute atomic E-state index is 11.8. The van der Waals surface area contributed by atoms with Gasteiger partial charge in [0, 0.05) is 13.2 Å². The van der Waals surface area contributed by atoms with Crippen LogP contribution in [0.15, 0.2) is 12.1 Å². The summed E-state index contributed by atoms with van der Waals surface area (Å²) in [5, 5.41) is 13.8. The molecule has 1 aliphatic rings. The number of rotatable bonds is 5. The van der Waals surface area contributed by atoms with Crippen molar-refractivity contribution in [2.75, 3.05) is 25.1 Å². The Balaban J connectivity index is 1.89. The minimum absolute atomic E-state index is 0.0946. The van der Waals surface area contributed by atoms with Gasteiger partial charge in [-0.05, 0) is 25.0 Å². The standard InChI is InChI=1S/C12H18N4O2/c1-2-6-13-11-4-3-10(15-16-11)12(17)14-9-5-7-18-8-9/h3-4,9H,2,5-8H2,1H3,(H,13,16)(H,14,17). The van der Waals surface area contributed by atoms with Gasteiger partial charge in [0.25, 0.3) is 5.91 Å². The molecule has 0 aromatic carbocycles. The first-order valence-electron chi connectivity index (χ1n) is 6.26. The van der Waals surface area contributed by atoms with Crippen molar-refractivity contribution in [1.29, 1.82) is 0 Å². The normalized spacial score (nSPS) is 18.6. The van der Waals surface area contributed by atoms with Gasteiger partial charge in [0.15, 0.2) is 5.69 Å². The quantitative estimate of drug-likeness (QED) is 0.809. The summed E-state index contributed by atoms with van der Waals surface area (Å²) < 4.78 is 5.20. The second-order valence-electron chi connectivity index (χ2n) is 4.26. The third kappa shape index (κ3) is 3.40. The lowest BCUT2D eigenvalue weighted by atomic mass is 10.2. The van der Waals surface area contributed by atoms with Crippen LogP contribution < -0.4 is 10.6 Å². The molecular formula is C12H18N4O2. The lowest BCUT2D eigenvalue weighted by Crippen LogP contribution is -2.35. The maximum Gasteiger partial charge on any atom is 0.272 e. The van der Waals surface area contributed by atoms with E-state index >= 15 is 0 Å². The van der Waals surface area contributed by atoms with E-state index in [0.717, 1.165) is 19.4 Å². The summed E-state index contributed by atoms with van der Waals surface area (Å²) in [6.07, 6.45) is 1.88. The maximum atomic E-state index is 11.8. The van der Waals surface area contributed by atoms with E-state index in [1.807, 2.05) is 0 Å². The van der Waals surface area contributed by atoms with Crippen LogP contribution in [0.25, 0.3) is 0 Å². The molecule has 0 bridgehead atoms. The summed E-state index contributed by atoms with van der Waals surface area (Å²) in [4.78, 5) is 11.8. The fourth-order valence-corrected chi connectivity index (χ4v) is 1.71. The van der Waals surface area contributed by atoms with Gasteiger partial charge in [0.05, 0.1) is 12.6 Å². The number of carbonyl (C=O) groups excluding carboxylic acids is 1. The molecule has 18 heavy (non-hydrogen) atoms. The summed E-state index contributed by atoms with van der Waals surface area (Å²) in [5.74, 6) is 0.498. The molecule has 2 rings (SSSR count). The zero-order valence-corrected chi connectivity index (χ0v) is 10.5. The van der Waals surface area contributed by atoms with Gasteiger partial charge in [-0.25, -0.2) is 0 Å². The first-order chi connectivity index (χ1) is 8.79. The van der Waals surface area contributed by atoms with E-state index in [4.69, 9.17) is 4.74 Å². The van der Waals surface area contributed by atoms with Crippen molar-refractivity contribution in [3.8, 4) is 0 Å². The third-order valence-corrected chi connectivity index (χ3v) is 2.72. The Bertz CT molecular complexity index is 388. The fourth-order valence-electron chi connectivity index (χ4n) is 1.71. The summed E-state index contributed by atoms with van der Waals surface area (Å²) >= 11 is 0. The van der Waals surface area contributed by atoms with Gasteiger partial charge in [-0.15, -0.1) is 10.2 Å². The number of hydrogen-bond donors (Lipinski definition) is 2. The SMILES string of the molecule is CCCNc1ccc(C(=O)NC2CCOC2)nn1. The Morgan fingerprint density at radius 1 is 1.50 bits per heavy atom. The molecule has 0 aliphatic carbocycles. The molecule has 1 fully saturated rings. The average Bonchev–Trinajstić information content (AvgIpc) is 2.89. The van der Waals surface area contributed by atoms with E-state index < -0.39 is 0 Å². The summed E-state index contributed by atoms with van der Waals surface area (Å²) in [6.45, 7) is 4.21. The van der Waals surface area contributed by atoms with E-state index in [1.54, 1.807) is 12.1 Å². The van der Waals surface area contributed by atoms with E-state index in [-0.39, 0.29) is 11.9 Å². The molecule has 6 heteroatoms. The van der Waals surface area contributed by atoms with Crippen molar-refractivity contribution in [2.24, 2.45) is 0 Å². The Morgan fingerprint density at radius 2 is 2.39 bits per heavy atom. The van der Waals surface area contributed by atoms with Gasteiger partial charge in [-0.1, -0.05) is 6.92 Å². The van der Waals surface area contributed by atoms with Gasteiger partial charge < -0.3 is 15.4 Å². The molecule has 0 radical (unpaired) electrons. The van der Waals surface area contributed by atoms with Crippen molar-refractivity contribution >= 4 is 11.7 Å². The predicted octanol–water partition coefficient (Wildman–Crippen LogP) is 0.817. The van der Waals surface area contributed by atoms with Crippen LogP contribution in [-0.4, -0.2) is 41.9 Å². The zero-order valence-electron chi connectivity index (χ0n) is 10.5. The highest BCUT2D eigenvalue weighted by atomic mass is 16.5. The number of amides is 1. The number of nitrogens with zero attached hydrogens (tertiary/aromatic N) is 2. The molecule has 0 saturated carbocycles. The summed E-state index contributed by atoms with van der Waals surface area (Å²) in [5.41, 5.74) is 0.337. The van der Waals surface area contributed by atoms with Crippen LogP contribution in [0.5, 0.6) is 0 Å². The second kappa shape index (κ2) is 6.30. The average molecular weight is 250 g/mol. The zero-order chi connectivity index (χ0) is 12.8. The monoisotopic (exact) mass is 250 g/mol. The Kier molecular flexibility index (Phi) is 4.46. The lowest BCUT2D eigenvalue weighted by Gasteiger charge is -2.09. The van der Waals surface area contributed by atoms with Gasteiger partial charge in [-0.3, -0.25) is 4.79 Å². The largest absolute Gasteiger partial charge is 0.379 e. The number of hydrogen-bond acceptors (Lipinski definition) is 5. The minimum Gasteiger partial charge on any atom is -0.379 e. The van der Waals surface area contributed by atoms with Crippen LogP contribution in [-0.2, 0) is 4.74 Å². The van der Waals surface area contributed by atoms with E-state index in [2.05, 4.69) is 27.8 Å². The first kappa shape index (κ1) is 12.8. The number of aromatic nitrogens is 2. The molecule has 1 aliphatic heterocycles.